The third-order valence-electron chi connectivity index (χ3n) is 3.67. The van der Waals surface area contributed by atoms with Crippen molar-refractivity contribution in [3.8, 4) is 11.9 Å². The number of aromatic nitrogens is 1. The minimum atomic E-state index is -0.730. The van der Waals surface area contributed by atoms with Crippen molar-refractivity contribution in [3.05, 3.63) is 53.8 Å². The van der Waals surface area contributed by atoms with Gasteiger partial charge in [0.1, 0.15) is 5.75 Å². The maximum Gasteiger partial charge on any atom is 0.513 e. The molecular weight excluding hydrogens is 394 g/mol. The molecular formula is C20H22ClN5O3. The predicted octanol–water partition coefficient (Wildman–Crippen LogP) is 4.35. The molecule has 1 aromatic carbocycles. The van der Waals surface area contributed by atoms with Crippen LogP contribution in [0.15, 0.2) is 53.8 Å². The van der Waals surface area contributed by atoms with Gasteiger partial charge in [0.2, 0.25) is 5.96 Å². The van der Waals surface area contributed by atoms with E-state index in [2.05, 4.69) is 20.6 Å². The molecule has 0 radical (unpaired) electrons. The molecule has 0 amide bonds. The number of pyridine rings is 1. The molecule has 2 N–H and O–H groups in total. The molecule has 1 heterocycles. The number of rotatable bonds is 9. The van der Waals surface area contributed by atoms with Crippen LogP contribution in [0.25, 0.3) is 0 Å². The predicted molar refractivity (Wildman–Crippen MR) is 111 cm³/mol. The van der Waals surface area contributed by atoms with Gasteiger partial charge in [0.05, 0.1) is 6.61 Å². The van der Waals surface area contributed by atoms with Crippen LogP contribution < -0.4 is 15.4 Å². The highest BCUT2D eigenvalue weighted by Crippen LogP contribution is 2.16. The van der Waals surface area contributed by atoms with Gasteiger partial charge in [-0.2, -0.15) is 5.26 Å². The number of carbonyl (C=O) groups is 1. The number of nitrogens with one attached hydrogen (secondary N) is 2. The van der Waals surface area contributed by atoms with Gasteiger partial charge in [0, 0.05) is 29.6 Å². The van der Waals surface area contributed by atoms with Gasteiger partial charge < -0.3 is 14.8 Å². The lowest BCUT2D eigenvalue weighted by molar-refractivity contribution is 0.0973. The Bertz CT molecular complexity index is 822. The Morgan fingerprint density at radius 1 is 1.10 bits per heavy atom. The van der Waals surface area contributed by atoms with E-state index in [0.717, 1.165) is 31.4 Å². The van der Waals surface area contributed by atoms with Crippen LogP contribution in [0.2, 0.25) is 5.02 Å². The molecule has 152 valence electrons. The van der Waals surface area contributed by atoms with Gasteiger partial charge in [-0.15, -0.1) is 0 Å². The molecule has 8 nitrogen and oxygen atoms in total. The lowest BCUT2D eigenvalue weighted by Gasteiger charge is -2.07. The quantitative estimate of drug-likeness (QED) is 0.119. The van der Waals surface area contributed by atoms with Gasteiger partial charge >= 0.3 is 6.16 Å². The standard InChI is InChI=1S/C20H22ClN5O3/c21-16-5-7-18(8-6-16)29-20(27)28-14-4-2-1-3-11-24-19(25-15-22)26-17-9-12-23-13-10-17/h5-10,12-13H,1-4,11,14H2,(H2,23,24,25,26). The lowest BCUT2D eigenvalue weighted by atomic mass is 10.2. The van der Waals surface area contributed by atoms with Crippen LogP contribution in [0.3, 0.4) is 0 Å². The number of nitriles is 1. The van der Waals surface area contributed by atoms with Crippen molar-refractivity contribution in [3.63, 3.8) is 0 Å². The molecule has 0 aliphatic heterocycles. The van der Waals surface area contributed by atoms with Crippen molar-refractivity contribution >= 4 is 29.4 Å². The third kappa shape index (κ3) is 9.44. The summed E-state index contributed by atoms with van der Waals surface area (Å²) < 4.78 is 10.1. The van der Waals surface area contributed by atoms with Crippen LogP contribution in [-0.4, -0.2) is 30.3 Å². The first kappa shape index (κ1) is 22.0. The average Bonchev–Trinajstić information content (AvgIpc) is 2.72. The van der Waals surface area contributed by atoms with Crippen molar-refractivity contribution in [1.82, 2.24) is 10.3 Å². The monoisotopic (exact) mass is 415 g/mol. The van der Waals surface area contributed by atoms with E-state index < -0.39 is 6.16 Å². The first-order chi connectivity index (χ1) is 14.2. The summed E-state index contributed by atoms with van der Waals surface area (Å²) in [6, 6.07) is 10.0. The van der Waals surface area contributed by atoms with Crippen molar-refractivity contribution in [2.45, 2.75) is 25.7 Å². The highest BCUT2D eigenvalue weighted by molar-refractivity contribution is 6.30. The topological polar surface area (TPSA) is 109 Å². The van der Waals surface area contributed by atoms with Gasteiger partial charge in [-0.05, 0) is 55.7 Å². The summed E-state index contributed by atoms with van der Waals surface area (Å²) >= 11 is 5.77. The van der Waals surface area contributed by atoms with Crippen molar-refractivity contribution in [1.29, 1.82) is 5.26 Å². The number of unbranched alkanes of at least 4 members (excludes halogenated alkanes) is 3. The maximum absolute atomic E-state index is 11.6. The molecule has 2 aromatic rings. The van der Waals surface area contributed by atoms with Crippen LogP contribution in [-0.2, 0) is 4.74 Å². The van der Waals surface area contributed by atoms with Crippen molar-refractivity contribution in [2.75, 3.05) is 18.5 Å². The number of benzene rings is 1. The number of nitrogens with zero attached hydrogens (tertiary/aromatic N) is 3. The number of anilines is 1. The number of ether oxygens (including phenoxy) is 2. The Kier molecular flexibility index (Phi) is 9.83. The Balaban J connectivity index is 1.56. The molecule has 0 saturated heterocycles. The summed E-state index contributed by atoms with van der Waals surface area (Å²) in [5.74, 6) is 0.784. The van der Waals surface area contributed by atoms with Crippen LogP contribution >= 0.6 is 11.6 Å². The SMILES string of the molecule is N#CNC(=NCCCCCCOC(=O)Oc1ccc(Cl)cc1)Nc1ccncc1. The van der Waals surface area contributed by atoms with Crippen LogP contribution in [0.4, 0.5) is 10.5 Å². The van der Waals surface area contributed by atoms with Crippen LogP contribution in [0, 0.1) is 11.5 Å². The van der Waals surface area contributed by atoms with Crippen LogP contribution in [0.1, 0.15) is 25.7 Å². The van der Waals surface area contributed by atoms with Crippen molar-refractivity contribution < 1.29 is 14.3 Å². The van der Waals surface area contributed by atoms with E-state index in [-0.39, 0.29) is 0 Å². The van der Waals surface area contributed by atoms with E-state index in [1.165, 1.54) is 0 Å². The number of hydrogen-bond acceptors (Lipinski definition) is 6. The maximum atomic E-state index is 11.6. The Morgan fingerprint density at radius 2 is 1.83 bits per heavy atom. The molecule has 0 fully saturated rings. The molecule has 0 spiro atoms. The number of guanidine groups is 1. The fraction of sp³-hybridized carbons (Fsp3) is 0.300. The molecule has 0 aliphatic carbocycles. The van der Waals surface area contributed by atoms with E-state index >= 15 is 0 Å². The zero-order valence-corrected chi connectivity index (χ0v) is 16.6. The van der Waals surface area contributed by atoms with Gasteiger partial charge in [-0.1, -0.05) is 18.0 Å². The van der Waals surface area contributed by atoms with Gasteiger partial charge in [-0.25, -0.2) is 4.79 Å². The smallest absolute Gasteiger partial charge is 0.434 e. The van der Waals surface area contributed by atoms with Gasteiger partial charge in [-0.3, -0.25) is 15.3 Å². The minimum absolute atomic E-state index is 0.292. The molecule has 0 bridgehead atoms. The van der Waals surface area contributed by atoms with E-state index in [1.807, 2.05) is 6.19 Å². The zero-order valence-electron chi connectivity index (χ0n) is 15.8. The number of hydrogen-bond donors (Lipinski definition) is 2. The minimum Gasteiger partial charge on any atom is -0.434 e. The molecule has 9 heteroatoms. The molecule has 29 heavy (non-hydrogen) atoms. The summed E-state index contributed by atoms with van der Waals surface area (Å²) in [4.78, 5) is 19.9. The number of carbonyl (C=O) groups excluding carboxylic acids is 1. The van der Waals surface area contributed by atoms with Gasteiger partial charge in [0.25, 0.3) is 0 Å². The van der Waals surface area contributed by atoms with E-state index in [4.69, 9.17) is 26.3 Å². The fourth-order valence-electron chi connectivity index (χ4n) is 2.28. The lowest BCUT2D eigenvalue weighted by Crippen LogP contribution is -2.27. The molecule has 0 unspecified atom stereocenters. The Labute approximate surface area is 174 Å². The molecule has 1 aromatic heterocycles. The second kappa shape index (κ2) is 13.0. The Morgan fingerprint density at radius 3 is 2.55 bits per heavy atom. The molecule has 0 aliphatic rings. The molecule has 0 saturated carbocycles. The molecule has 0 atom stereocenters. The summed E-state index contributed by atoms with van der Waals surface area (Å²) in [7, 11) is 0. The average molecular weight is 416 g/mol. The highest BCUT2D eigenvalue weighted by atomic mass is 35.5. The summed E-state index contributed by atoms with van der Waals surface area (Å²) in [5.41, 5.74) is 0.795. The summed E-state index contributed by atoms with van der Waals surface area (Å²) in [5, 5.41) is 14.9. The number of aliphatic imine (C=N–C) groups is 1. The Hall–Kier alpha value is -3.31. The normalized spacial score (nSPS) is 10.7. The van der Waals surface area contributed by atoms with Crippen LogP contribution in [0.5, 0.6) is 5.75 Å². The second-order valence-corrected chi connectivity index (χ2v) is 6.33. The summed E-state index contributed by atoms with van der Waals surface area (Å²) in [6.07, 6.45) is 7.84. The molecule has 2 rings (SSSR count). The second-order valence-electron chi connectivity index (χ2n) is 5.90. The van der Waals surface area contributed by atoms with Crippen molar-refractivity contribution in [2.24, 2.45) is 4.99 Å². The third-order valence-corrected chi connectivity index (χ3v) is 3.93. The van der Waals surface area contributed by atoms with E-state index in [1.54, 1.807) is 48.8 Å². The first-order valence-electron chi connectivity index (χ1n) is 9.14. The largest absolute Gasteiger partial charge is 0.513 e. The highest BCUT2D eigenvalue weighted by Gasteiger charge is 2.05. The van der Waals surface area contributed by atoms with E-state index in [0.29, 0.717) is 29.9 Å². The zero-order chi connectivity index (χ0) is 20.7. The fourth-order valence-corrected chi connectivity index (χ4v) is 2.40. The van der Waals surface area contributed by atoms with Gasteiger partial charge in [0.15, 0.2) is 6.19 Å². The number of halogens is 1. The summed E-state index contributed by atoms with van der Waals surface area (Å²) in [6.45, 7) is 0.863. The first-order valence-corrected chi connectivity index (χ1v) is 9.52. The van der Waals surface area contributed by atoms with E-state index in [9.17, 15) is 4.79 Å².